The van der Waals surface area contributed by atoms with Crippen molar-refractivity contribution in [1.29, 1.82) is 5.53 Å². The Labute approximate surface area is 163 Å². The highest BCUT2D eigenvalue weighted by Gasteiger charge is 2.08. The van der Waals surface area contributed by atoms with E-state index in [0.717, 1.165) is 39.2 Å². The normalized spacial score (nSPS) is 11.7. The monoisotopic (exact) mass is 367 g/mol. The molecule has 0 aliphatic heterocycles. The summed E-state index contributed by atoms with van der Waals surface area (Å²) in [6, 6.07) is 22.4. The predicted molar refractivity (Wildman–Crippen MR) is 113 cm³/mol. The molecule has 0 amide bonds. The lowest BCUT2D eigenvalue weighted by Crippen LogP contribution is -1.99. The summed E-state index contributed by atoms with van der Waals surface area (Å²) in [5, 5.41) is 3.52. The van der Waals surface area contributed by atoms with Crippen molar-refractivity contribution in [3.8, 4) is 5.69 Å². The molecule has 4 rings (SSSR count). The Kier molecular flexibility index (Phi) is 4.81. The smallest absolute Gasteiger partial charge is 0.100 e. The topological polar surface area (TPSA) is 66.4 Å². The zero-order valence-corrected chi connectivity index (χ0v) is 15.9. The number of nitrogens with one attached hydrogen (secondary N) is 1. The maximum absolute atomic E-state index is 7.15. The second kappa shape index (κ2) is 7.56. The highest BCUT2D eigenvalue weighted by atomic mass is 15.0. The molecule has 0 radical (unpaired) electrons. The first-order valence-corrected chi connectivity index (χ1v) is 9.16. The molecule has 138 valence electrons. The zero-order chi connectivity index (χ0) is 19.5. The molecule has 0 atom stereocenters. The number of hydrogen-bond donors (Lipinski definition) is 1. The minimum absolute atomic E-state index is 0.364. The third-order valence-corrected chi connectivity index (χ3v) is 4.76. The first kappa shape index (κ1) is 17.8. The molecule has 28 heavy (non-hydrogen) atoms. The molecular formula is C23H21N5. The average Bonchev–Trinajstić information content (AvgIpc) is 3.12. The van der Waals surface area contributed by atoms with E-state index in [1.165, 1.54) is 5.56 Å². The standard InChI is InChI=1S/C23H21N5/c1-16-6-5-8-20(12-16)28-15-25-22-13-19(10-11-23(22)28)27-17(2)21-9-4-3-7-18(21)14-26-24/h3-13,15,24H,14H2,1-2H3. The molecule has 0 unspecified atom stereocenters. The molecule has 0 aliphatic carbocycles. The van der Waals surface area contributed by atoms with Crippen molar-refractivity contribution in [3.05, 3.63) is 89.7 Å². The number of nitrogens with zero attached hydrogens (tertiary/aromatic N) is 4. The molecule has 4 aromatic rings. The van der Waals surface area contributed by atoms with Gasteiger partial charge in [-0.15, -0.1) is 0 Å². The van der Waals surface area contributed by atoms with Crippen LogP contribution in [-0.4, -0.2) is 15.3 Å². The second-order valence-corrected chi connectivity index (χ2v) is 6.80. The Balaban J connectivity index is 1.71. The number of aromatic nitrogens is 2. The minimum Gasteiger partial charge on any atom is -0.299 e. The Hall–Kier alpha value is -3.60. The van der Waals surface area contributed by atoms with Crippen LogP contribution >= 0.6 is 0 Å². The van der Waals surface area contributed by atoms with Gasteiger partial charge in [-0.25, -0.2) is 10.5 Å². The minimum atomic E-state index is 0.364. The van der Waals surface area contributed by atoms with Crippen LogP contribution in [0.1, 0.15) is 23.6 Å². The van der Waals surface area contributed by atoms with E-state index in [-0.39, 0.29) is 0 Å². The van der Waals surface area contributed by atoms with Gasteiger partial charge in [-0.2, -0.15) is 5.11 Å². The molecule has 1 aromatic heterocycles. The number of aryl methyl sites for hydroxylation is 1. The molecule has 0 bridgehead atoms. The van der Waals surface area contributed by atoms with Gasteiger partial charge in [0.25, 0.3) is 0 Å². The lowest BCUT2D eigenvalue weighted by atomic mass is 10.0. The Morgan fingerprint density at radius 1 is 1.04 bits per heavy atom. The van der Waals surface area contributed by atoms with Gasteiger partial charge in [-0.1, -0.05) is 36.4 Å². The molecule has 1 heterocycles. The van der Waals surface area contributed by atoms with Crippen molar-refractivity contribution in [2.45, 2.75) is 20.4 Å². The van der Waals surface area contributed by atoms with E-state index in [9.17, 15) is 0 Å². The molecular weight excluding hydrogens is 346 g/mol. The molecule has 1 N–H and O–H groups in total. The van der Waals surface area contributed by atoms with Crippen LogP contribution in [0.2, 0.25) is 0 Å². The molecule has 0 spiro atoms. The lowest BCUT2D eigenvalue weighted by Gasteiger charge is -2.07. The predicted octanol–water partition coefficient (Wildman–Crippen LogP) is 6.01. The number of fused-ring (bicyclic) bond motifs is 1. The maximum Gasteiger partial charge on any atom is 0.100 e. The number of imidazole rings is 1. The van der Waals surface area contributed by atoms with Crippen LogP contribution in [0, 0.1) is 12.5 Å². The van der Waals surface area contributed by atoms with Gasteiger partial charge in [-0.3, -0.25) is 9.56 Å². The molecule has 5 nitrogen and oxygen atoms in total. The van der Waals surface area contributed by atoms with E-state index < -0.39 is 0 Å². The SMILES string of the molecule is CC(=Nc1ccc2c(c1)ncn2-c1cccc(C)c1)c1ccccc1CN=N. The van der Waals surface area contributed by atoms with E-state index in [0.29, 0.717) is 6.54 Å². The molecule has 0 aliphatic rings. The molecule has 5 heteroatoms. The number of rotatable bonds is 5. The quantitative estimate of drug-likeness (QED) is 0.341. The summed E-state index contributed by atoms with van der Waals surface area (Å²) in [6.45, 7) is 4.44. The first-order chi connectivity index (χ1) is 13.7. The third-order valence-electron chi connectivity index (χ3n) is 4.76. The van der Waals surface area contributed by atoms with Crippen LogP contribution in [-0.2, 0) is 6.54 Å². The molecule has 0 fully saturated rings. The van der Waals surface area contributed by atoms with Crippen molar-refractivity contribution in [2.24, 2.45) is 10.1 Å². The number of aliphatic imine (C=N–C) groups is 1. The van der Waals surface area contributed by atoms with Gasteiger partial charge in [0.2, 0.25) is 0 Å². The molecule has 0 saturated carbocycles. The summed E-state index contributed by atoms with van der Waals surface area (Å²) in [6.07, 6.45) is 1.85. The van der Waals surface area contributed by atoms with Gasteiger partial charge in [0.15, 0.2) is 0 Å². The van der Waals surface area contributed by atoms with Crippen LogP contribution in [0.15, 0.2) is 83.2 Å². The van der Waals surface area contributed by atoms with Crippen molar-refractivity contribution >= 4 is 22.4 Å². The maximum atomic E-state index is 7.15. The zero-order valence-electron chi connectivity index (χ0n) is 15.9. The Bertz CT molecular complexity index is 1190. The number of hydrogen-bond acceptors (Lipinski definition) is 4. The van der Waals surface area contributed by atoms with E-state index >= 15 is 0 Å². The van der Waals surface area contributed by atoms with Gasteiger partial charge >= 0.3 is 0 Å². The highest BCUT2D eigenvalue weighted by Crippen LogP contribution is 2.24. The van der Waals surface area contributed by atoms with Crippen LogP contribution in [0.5, 0.6) is 0 Å². The summed E-state index contributed by atoms with van der Waals surface area (Å²) < 4.78 is 2.09. The van der Waals surface area contributed by atoms with Crippen LogP contribution < -0.4 is 0 Å². The van der Waals surface area contributed by atoms with Gasteiger partial charge in [0, 0.05) is 17.0 Å². The molecule has 0 saturated heterocycles. The van der Waals surface area contributed by atoms with Crippen molar-refractivity contribution in [1.82, 2.24) is 9.55 Å². The highest BCUT2D eigenvalue weighted by molar-refractivity contribution is 6.01. The largest absolute Gasteiger partial charge is 0.299 e. The lowest BCUT2D eigenvalue weighted by molar-refractivity contribution is 0.906. The van der Waals surface area contributed by atoms with E-state index in [1.54, 1.807) is 0 Å². The van der Waals surface area contributed by atoms with Crippen LogP contribution in [0.3, 0.4) is 0 Å². The second-order valence-electron chi connectivity index (χ2n) is 6.80. The van der Waals surface area contributed by atoms with Crippen molar-refractivity contribution < 1.29 is 0 Å². The Morgan fingerprint density at radius 2 is 1.89 bits per heavy atom. The fourth-order valence-corrected chi connectivity index (χ4v) is 3.40. The Morgan fingerprint density at radius 3 is 2.71 bits per heavy atom. The van der Waals surface area contributed by atoms with Gasteiger partial charge in [0.1, 0.15) is 6.33 Å². The molecule has 3 aromatic carbocycles. The summed E-state index contributed by atoms with van der Waals surface area (Å²) >= 11 is 0. The number of benzene rings is 3. The first-order valence-electron chi connectivity index (χ1n) is 9.16. The third kappa shape index (κ3) is 3.47. The van der Waals surface area contributed by atoms with E-state index in [4.69, 9.17) is 10.5 Å². The summed E-state index contributed by atoms with van der Waals surface area (Å²) in [7, 11) is 0. The van der Waals surface area contributed by atoms with Crippen LogP contribution in [0.25, 0.3) is 16.7 Å². The fourth-order valence-electron chi connectivity index (χ4n) is 3.40. The van der Waals surface area contributed by atoms with Gasteiger partial charge in [-0.05, 0) is 55.3 Å². The summed E-state index contributed by atoms with van der Waals surface area (Å²) in [4.78, 5) is 9.35. The summed E-state index contributed by atoms with van der Waals surface area (Å²) in [5.74, 6) is 0. The van der Waals surface area contributed by atoms with Crippen molar-refractivity contribution in [2.75, 3.05) is 0 Å². The van der Waals surface area contributed by atoms with E-state index in [2.05, 4.69) is 51.9 Å². The van der Waals surface area contributed by atoms with Crippen LogP contribution in [0.4, 0.5) is 5.69 Å². The average molecular weight is 367 g/mol. The van der Waals surface area contributed by atoms with Crippen molar-refractivity contribution in [3.63, 3.8) is 0 Å². The van der Waals surface area contributed by atoms with E-state index in [1.807, 2.05) is 49.6 Å². The summed E-state index contributed by atoms with van der Waals surface area (Å²) in [5.41, 5.74) is 15.2. The van der Waals surface area contributed by atoms with Gasteiger partial charge < -0.3 is 0 Å². The fraction of sp³-hybridized carbons (Fsp3) is 0.130. The van der Waals surface area contributed by atoms with Gasteiger partial charge in [0.05, 0.1) is 23.3 Å².